The molecule has 0 fully saturated rings. The maximum Gasteiger partial charge on any atom is 0.0636 e. The van der Waals surface area contributed by atoms with Crippen molar-refractivity contribution in [3.8, 4) is 55.6 Å². The van der Waals surface area contributed by atoms with Crippen LogP contribution >= 0.6 is 0 Å². The molecule has 0 radical (unpaired) electrons. The van der Waals surface area contributed by atoms with Gasteiger partial charge in [-0.2, -0.15) is 0 Å². The van der Waals surface area contributed by atoms with Gasteiger partial charge in [0.2, 0.25) is 0 Å². The van der Waals surface area contributed by atoms with Gasteiger partial charge in [-0.15, -0.1) is 0 Å². The Hall–Kier alpha value is -7.28. The van der Waals surface area contributed by atoms with E-state index in [2.05, 4.69) is 0 Å². The van der Waals surface area contributed by atoms with Crippen LogP contribution in [0.1, 0.15) is 45.2 Å². The molecule has 0 saturated carbocycles. The van der Waals surface area contributed by atoms with E-state index in [0.717, 1.165) is 6.07 Å². The molecule has 0 saturated heterocycles. The number of hydrogen-bond acceptors (Lipinski definition) is 0. The molecule has 0 aliphatic heterocycles. The maximum atomic E-state index is 10.2. The lowest BCUT2D eigenvalue weighted by Crippen LogP contribution is -1.90. The zero-order valence-corrected chi connectivity index (χ0v) is 28.1. The molecule has 0 nitrogen and oxygen atoms in total. The molecule has 0 unspecified atom stereocenters. The van der Waals surface area contributed by atoms with Crippen LogP contribution in [0.3, 0.4) is 0 Å². The summed E-state index contributed by atoms with van der Waals surface area (Å²) in [5, 5.41) is -5.82. The first-order chi connectivity index (χ1) is 41.5. The van der Waals surface area contributed by atoms with E-state index in [0.29, 0.717) is 0 Å². The van der Waals surface area contributed by atoms with Crippen molar-refractivity contribution in [2.24, 2.45) is 0 Å². The van der Waals surface area contributed by atoms with Gasteiger partial charge in [0.15, 0.2) is 0 Å². The molecule has 258 valence electrons. The molecular formula is C56H34. The summed E-state index contributed by atoms with van der Waals surface area (Å²) in [6.07, 6.45) is 0. The van der Waals surface area contributed by atoms with Gasteiger partial charge in [0, 0.05) is 0 Å². The highest BCUT2D eigenvalue weighted by Crippen LogP contribution is 2.43. The second-order valence-corrected chi connectivity index (χ2v) is 12.6. The van der Waals surface area contributed by atoms with Crippen LogP contribution < -0.4 is 0 Å². The van der Waals surface area contributed by atoms with Crippen LogP contribution in [0.25, 0.3) is 120 Å². The van der Waals surface area contributed by atoms with Crippen LogP contribution in [-0.4, -0.2) is 0 Å². The van der Waals surface area contributed by atoms with Gasteiger partial charge in [0.25, 0.3) is 0 Å². The van der Waals surface area contributed by atoms with Gasteiger partial charge >= 0.3 is 0 Å². The van der Waals surface area contributed by atoms with Crippen molar-refractivity contribution in [1.82, 2.24) is 0 Å². The molecule has 0 spiro atoms. The quantitative estimate of drug-likeness (QED) is 0.154. The lowest BCUT2D eigenvalue weighted by molar-refractivity contribution is 1.56. The van der Waals surface area contributed by atoms with E-state index in [9.17, 15) is 21.9 Å². The van der Waals surface area contributed by atoms with Gasteiger partial charge in [-0.05, 0) is 150 Å². The summed E-state index contributed by atoms with van der Waals surface area (Å²) in [6, 6.07) is -30.4. The first-order valence-electron chi connectivity index (χ1n) is 33.3. The Kier molecular flexibility index (Phi) is 2.79. The smallest absolute Gasteiger partial charge is 0.0622 e. The van der Waals surface area contributed by atoms with E-state index in [1.165, 1.54) is 0 Å². The van der Waals surface area contributed by atoms with Gasteiger partial charge in [0.1, 0.15) is 0 Å². The van der Waals surface area contributed by atoms with Crippen molar-refractivity contribution in [1.29, 1.82) is 0 Å². The standard InChI is InChI=1S/C56H34/c1-2-8-35(9-3-1)42-14-6-15-43(30-42)46-32-47(34-48(33-46)50-27-23-41-21-19-37-11-5-13-39-25-29-52(50)56(41)54(37)39)44-16-7-17-45(31-44)49-26-22-40-20-18-36-10-4-12-38-24-28-51(49)55(40)53(36)38/h1-34H/i1D,2D,3D,4D,5D,6D,7D,8D,9D,10D,11D,12D,13D,14D,15D,17D,18D,19D,20D,21D,22D,23D,24D,25D,26D,27D,28D,29D,30D,31D,32D,33D,34D. The lowest BCUT2D eigenvalue weighted by atomic mass is 9.87. The van der Waals surface area contributed by atoms with E-state index < -0.39 is 309 Å². The average Bonchev–Trinajstić information content (AvgIpc) is 0.698. The lowest BCUT2D eigenvalue weighted by Gasteiger charge is -2.17. The second kappa shape index (κ2) is 12.1. The highest BCUT2D eigenvalue weighted by Gasteiger charge is 2.16. The third-order valence-electron chi connectivity index (χ3n) is 9.44. The predicted molar refractivity (Wildman–Crippen MR) is 241 cm³/mol. The highest BCUT2D eigenvalue weighted by molar-refractivity contribution is 6.26. The normalized spacial score (nSPS) is 20.2. The fraction of sp³-hybridized carbons (Fsp3) is 0. The third-order valence-corrected chi connectivity index (χ3v) is 9.44. The molecule has 0 atom stereocenters. The summed E-state index contributed by atoms with van der Waals surface area (Å²) < 4.78 is 304. The van der Waals surface area contributed by atoms with Gasteiger partial charge in [0.05, 0.1) is 45.2 Å². The third kappa shape index (κ3) is 4.79. The van der Waals surface area contributed by atoms with Gasteiger partial charge in [-0.3, -0.25) is 0 Å². The molecule has 0 N–H and O–H groups in total. The molecular weight excluding hydrogens is 673 g/mol. The molecule has 12 aromatic rings. The van der Waals surface area contributed by atoms with Gasteiger partial charge in [-0.25, -0.2) is 0 Å². The molecule has 0 heterocycles. The Morgan fingerprint density at radius 2 is 0.625 bits per heavy atom. The maximum absolute atomic E-state index is 10.2. The minimum absolute atomic E-state index is 0.333. The van der Waals surface area contributed by atoms with Gasteiger partial charge in [-0.1, -0.05) is 175 Å². The summed E-state index contributed by atoms with van der Waals surface area (Å²) in [5.41, 5.74) is -9.04. The van der Waals surface area contributed by atoms with Crippen LogP contribution in [0.5, 0.6) is 0 Å². The van der Waals surface area contributed by atoms with E-state index in [1.807, 2.05) is 0 Å². The van der Waals surface area contributed by atoms with Crippen molar-refractivity contribution >= 4 is 64.6 Å². The zero-order valence-electron chi connectivity index (χ0n) is 61.1. The Morgan fingerprint density at radius 3 is 1.23 bits per heavy atom. The highest BCUT2D eigenvalue weighted by atomic mass is 14.2. The second-order valence-electron chi connectivity index (χ2n) is 12.6. The zero-order chi connectivity index (χ0) is 65.5. The number of hydrogen-bond donors (Lipinski definition) is 0. The molecule has 56 heavy (non-hydrogen) atoms. The van der Waals surface area contributed by atoms with Crippen molar-refractivity contribution in [2.75, 3.05) is 0 Å². The largest absolute Gasteiger partial charge is 0.0636 e. The van der Waals surface area contributed by atoms with Crippen LogP contribution in [0.2, 0.25) is 0 Å². The minimum Gasteiger partial charge on any atom is -0.0622 e. The fourth-order valence-electron chi connectivity index (χ4n) is 6.96. The van der Waals surface area contributed by atoms with Crippen molar-refractivity contribution in [3.05, 3.63) is 205 Å². The Bertz CT molecular complexity index is 5320. The van der Waals surface area contributed by atoms with Crippen LogP contribution in [-0.2, 0) is 0 Å². The molecule has 0 aromatic heterocycles. The van der Waals surface area contributed by atoms with Gasteiger partial charge < -0.3 is 0 Å². The summed E-state index contributed by atoms with van der Waals surface area (Å²) in [5.74, 6) is 0. The summed E-state index contributed by atoms with van der Waals surface area (Å²) in [7, 11) is 0. The van der Waals surface area contributed by atoms with Crippen molar-refractivity contribution in [2.45, 2.75) is 0 Å². The predicted octanol–water partition coefficient (Wildman–Crippen LogP) is 15.8. The first kappa shape index (κ1) is 12.9. The first-order valence-corrected chi connectivity index (χ1v) is 16.8. The van der Waals surface area contributed by atoms with E-state index in [4.69, 9.17) is 23.3 Å². The Morgan fingerprint density at radius 1 is 0.232 bits per heavy atom. The molecule has 0 bridgehead atoms. The molecule has 0 aliphatic rings. The average molecular weight is 740 g/mol. The molecule has 0 amide bonds. The topological polar surface area (TPSA) is 0 Å². The van der Waals surface area contributed by atoms with Crippen molar-refractivity contribution < 1.29 is 45.2 Å². The Labute approximate surface area is 371 Å². The molecule has 12 aromatic carbocycles. The van der Waals surface area contributed by atoms with Crippen LogP contribution in [0.4, 0.5) is 0 Å². The molecule has 0 heteroatoms. The summed E-state index contributed by atoms with van der Waals surface area (Å²) in [4.78, 5) is 0. The summed E-state index contributed by atoms with van der Waals surface area (Å²) in [6.45, 7) is 0. The minimum atomic E-state index is -1.19. The Balaban J connectivity index is 1.33. The SMILES string of the molecule is [2H]c1cc(-c2c([2H])c(-c3c([2H])c([2H])c([2H])c(-c4c([2H])c([2H])c([2H])c([2H])c4[2H])c3[2H])c([2H])c(-c3c([2H])c([2H])c4c([2H])c([2H])c5c([2H])c([2H])c([2H])c6c([2H])c([2H])c3c4c56)c2[2H])c([2H])c(-c2c([2H])c([2H])c3c([2H])c([2H])c4c([2H])c([2H])c([2H])c5c([2H])c([2H])c2c3c45)c1[2H]. The van der Waals surface area contributed by atoms with E-state index in [1.54, 1.807) is 0 Å². The van der Waals surface area contributed by atoms with E-state index >= 15 is 0 Å². The number of rotatable bonds is 5. The summed E-state index contributed by atoms with van der Waals surface area (Å²) >= 11 is 0. The van der Waals surface area contributed by atoms with E-state index in [-0.39, 0.29) is 10.8 Å². The number of benzene rings is 12. The molecule has 0 aliphatic carbocycles. The van der Waals surface area contributed by atoms with Crippen LogP contribution in [0, 0.1) is 0 Å². The van der Waals surface area contributed by atoms with Crippen LogP contribution in [0.15, 0.2) is 205 Å². The monoisotopic (exact) mass is 739 g/mol. The fourth-order valence-corrected chi connectivity index (χ4v) is 6.96. The van der Waals surface area contributed by atoms with Crippen molar-refractivity contribution in [3.63, 3.8) is 0 Å². The molecule has 12 rings (SSSR count).